The van der Waals surface area contributed by atoms with Gasteiger partial charge in [0.05, 0.1) is 0 Å². The number of amides is 1. The monoisotopic (exact) mass is 288 g/mol. The molecule has 2 N–H and O–H groups in total. The average Bonchev–Trinajstić information content (AvgIpc) is 2.47. The maximum atomic E-state index is 12.0. The predicted octanol–water partition coefficient (Wildman–Crippen LogP) is 4.21. The lowest BCUT2D eigenvalue weighted by Gasteiger charge is -2.29. The first kappa shape index (κ1) is 15.9. The van der Waals surface area contributed by atoms with Gasteiger partial charge in [-0.15, -0.1) is 0 Å². The summed E-state index contributed by atoms with van der Waals surface area (Å²) in [6, 6.07) is 8.56. The standard InChI is InChI=1S/C18H28N2O/c1-4-14-8-10-16(11-9-14)20-17-7-5-6-15(12-17)18(21)19-13(2)3/h5-7,12-14,16,20H,4,8-11H2,1-3H3,(H,19,21). The van der Waals surface area contributed by atoms with Crippen molar-refractivity contribution in [3.8, 4) is 0 Å². The summed E-state index contributed by atoms with van der Waals surface area (Å²) in [5.74, 6) is 0.912. The minimum Gasteiger partial charge on any atom is -0.382 e. The van der Waals surface area contributed by atoms with Crippen LogP contribution in [0.5, 0.6) is 0 Å². The zero-order valence-electron chi connectivity index (χ0n) is 13.5. The van der Waals surface area contributed by atoms with Gasteiger partial charge in [0.2, 0.25) is 0 Å². The lowest BCUT2D eigenvalue weighted by atomic mass is 9.84. The Morgan fingerprint density at radius 2 is 1.95 bits per heavy atom. The van der Waals surface area contributed by atoms with Crippen LogP contribution in [0.3, 0.4) is 0 Å². The highest BCUT2D eigenvalue weighted by atomic mass is 16.1. The van der Waals surface area contributed by atoms with E-state index >= 15 is 0 Å². The van der Waals surface area contributed by atoms with Gasteiger partial charge in [0.15, 0.2) is 0 Å². The molecule has 1 aliphatic carbocycles. The second kappa shape index (κ2) is 7.48. The Bertz CT molecular complexity index is 462. The van der Waals surface area contributed by atoms with Crippen LogP contribution in [-0.4, -0.2) is 18.0 Å². The van der Waals surface area contributed by atoms with Gasteiger partial charge in [-0.1, -0.05) is 19.4 Å². The number of rotatable bonds is 5. The van der Waals surface area contributed by atoms with Crippen LogP contribution in [0, 0.1) is 5.92 Å². The number of anilines is 1. The summed E-state index contributed by atoms with van der Waals surface area (Å²) in [6.07, 6.45) is 6.42. The molecule has 2 rings (SSSR count). The van der Waals surface area contributed by atoms with Crippen molar-refractivity contribution in [2.75, 3.05) is 5.32 Å². The Balaban J connectivity index is 1.94. The molecule has 0 heterocycles. The summed E-state index contributed by atoms with van der Waals surface area (Å²) < 4.78 is 0. The first-order valence-corrected chi connectivity index (χ1v) is 8.26. The maximum Gasteiger partial charge on any atom is 0.251 e. The largest absolute Gasteiger partial charge is 0.382 e. The third-order valence-corrected chi connectivity index (χ3v) is 4.34. The topological polar surface area (TPSA) is 41.1 Å². The molecule has 0 atom stereocenters. The maximum absolute atomic E-state index is 12.0. The molecule has 0 unspecified atom stereocenters. The van der Waals surface area contributed by atoms with E-state index in [1.807, 2.05) is 32.0 Å². The van der Waals surface area contributed by atoms with Gasteiger partial charge < -0.3 is 10.6 Å². The van der Waals surface area contributed by atoms with Crippen LogP contribution in [0.2, 0.25) is 0 Å². The molecule has 3 nitrogen and oxygen atoms in total. The molecule has 1 aromatic carbocycles. The Morgan fingerprint density at radius 3 is 2.57 bits per heavy atom. The lowest BCUT2D eigenvalue weighted by Crippen LogP contribution is -2.30. The molecule has 0 saturated heterocycles. The fourth-order valence-electron chi connectivity index (χ4n) is 3.05. The van der Waals surface area contributed by atoms with Crippen molar-refractivity contribution in [1.82, 2.24) is 5.32 Å². The molecule has 1 fully saturated rings. The number of hydrogen-bond donors (Lipinski definition) is 2. The van der Waals surface area contributed by atoms with Gasteiger partial charge in [-0.3, -0.25) is 4.79 Å². The molecule has 1 saturated carbocycles. The number of nitrogens with one attached hydrogen (secondary N) is 2. The quantitative estimate of drug-likeness (QED) is 0.852. The minimum atomic E-state index is 0.00309. The Morgan fingerprint density at radius 1 is 1.24 bits per heavy atom. The highest BCUT2D eigenvalue weighted by Gasteiger charge is 2.19. The fraction of sp³-hybridized carbons (Fsp3) is 0.611. The van der Waals surface area contributed by atoms with Crippen LogP contribution < -0.4 is 10.6 Å². The fourth-order valence-corrected chi connectivity index (χ4v) is 3.05. The molecule has 116 valence electrons. The summed E-state index contributed by atoms with van der Waals surface area (Å²) in [5, 5.41) is 6.53. The molecule has 0 aromatic heterocycles. The van der Waals surface area contributed by atoms with Crippen molar-refractivity contribution in [1.29, 1.82) is 0 Å². The van der Waals surface area contributed by atoms with Gasteiger partial charge in [0.1, 0.15) is 0 Å². The van der Waals surface area contributed by atoms with Crippen molar-refractivity contribution < 1.29 is 4.79 Å². The number of carbonyl (C=O) groups excluding carboxylic acids is 1. The highest BCUT2D eigenvalue weighted by molar-refractivity contribution is 5.95. The third-order valence-electron chi connectivity index (χ3n) is 4.34. The zero-order chi connectivity index (χ0) is 15.2. The summed E-state index contributed by atoms with van der Waals surface area (Å²) in [4.78, 5) is 12.0. The molecule has 3 heteroatoms. The lowest BCUT2D eigenvalue weighted by molar-refractivity contribution is 0.0943. The molecule has 1 aliphatic rings. The van der Waals surface area contributed by atoms with Gasteiger partial charge in [-0.25, -0.2) is 0 Å². The van der Waals surface area contributed by atoms with Gasteiger partial charge in [0, 0.05) is 23.3 Å². The molecule has 0 bridgehead atoms. The molecule has 1 aromatic rings. The van der Waals surface area contributed by atoms with Crippen LogP contribution in [0.25, 0.3) is 0 Å². The number of benzene rings is 1. The summed E-state index contributed by atoms with van der Waals surface area (Å²) in [5.41, 5.74) is 1.79. The molecular formula is C18H28N2O. The number of hydrogen-bond acceptors (Lipinski definition) is 2. The SMILES string of the molecule is CCC1CCC(Nc2cccc(C(=O)NC(C)C)c2)CC1. The van der Waals surface area contributed by atoms with E-state index in [1.165, 1.54) is 32.1 Å². The first-order valence-electron chi connectivity index (χ1n) is 8.26. The highest BCUT2D eigenvalue weighted by Crippen LogP contribution is 2.28. The minimum absolute atomic E-state index is 0.00309. The van der Waals surface area contributed by atoms with E-state index in [0.29, 0.717) is 6.04 Å². The van der Waals surface area contributed by atoms with Gasteiger partial charge >= 0.3 is 0 Å². The second-order valence-electron chi connectivity index (χ2n) is 6.48. The third kappa shape index (κ3) is 4.76. The van der Waals surface area contributed by atoms with Crippen molar-refractivity contribution >= 4 is 11.6 Å². The zero-order valence-corrected chi connectivity index (χ0v) is 13.5. The van der Waals surface area contributed by atoms with Crippen molar-refractivity contribution in [3.05, 3.63) is 29.8 Å². The predicted molar refractivity (Wildman–Crippen MR) is 88.7 cm³/mol. The van der Waals surface area contributed by atoms with Gasteiger partial charge in [-0.05, 0) is 63.6 Å². The summed E-state index contributed by atoms with van der Waals surface area (Å²) in [7, 11) is 0. The van der Waals surface area contributed by atoms with E-state index in [2.05, 4.69) is 23.6 Å². The normalized spacial score (nSPS) is 22.1. The van der Waals surface area contributed by atoms with Crippen molar-refractivity contribution in [3.63, 3.8) is 0 Å². The van der Waals surface area contributed by atoms with E-state index in [0.717, 1.165) is 17.2 Å². The first-order chi connectivity index (χ1) is 10.1. The molecule has 0 radical (unpaired) electrons. The summed E-state index contributed by atoms with van der Waals surface area (Å²) >= 11 is 0. The second-order valence-corrected chi connectivity index (χ2v) is 6.48. The Hall–Kier alpha value is -1.51. The number of carbonyl (C=O) groups is 1. The van der Waals surface area contributed by atoms with Gasteiger partial charge in [0.25, 0.3) is 5.91 Å². The van der Waals surface area contributed by atoms with Gasteiger partial charge in [-0.2, -0.15) is 0 Å². The smallest absolute Gasteiger partial charge is 0.251 e. The van der Waals surface area contributed by atoms with E-state index in [9.17, 15) is 4.79 Å². The molecule has 21 heavy (non-hydrogen) atoms. The van der Waals surface area contributed by atoms with Crippen LogP contribution in [0.15, 0.2) is 24.3 Å². The van der Waals surface area contributed by atoms with E-state index in [4.69, 9.17) is 0 Å². The van der Waals surface area contributed by atoms with E-state index in [1.54, 1.807) is 0 Å². The Kier molecular flexibility index (Phi) is 5.66. The molecule has 0 spiro atoms. The van der Waals surface area contributed by atoms with Crippen molar-refractivity contribution in [2.45, 2.75) is 65.0 Å². The molecule has 0 aliphatic heterocycles. The average molecular weight is 288 g/mol. The van der Waals surface area contributed by atoms with Crippen molar-refractivity contribution in [2.24, 2.45) is 5.92 Å². The summed E-state index contributed by atoms with van der Waals surface area (Å²) in [6.45, 7) is 6.24. The van der Waals surface area contributed by atoms with E-state index < -0.39 is 0 Å². The van der Waals surface area contributed by atoms with E-state index in [-0.39, 0.29) is 11.9 Å². The van der Waals surface area contributed by atoms with Crippen LogP contribution in [0.4, 0.5) is 5.69 Å². The molecular weight excluding hydrogens is 260 g/mol. The van der Waals surface area contributed by atoms with Crippen LogP contribution >= 0.6 is 0 Å². The Labute approximate surface area is 128 Å². The molecule has 1 amide bonds. The van der Waals surface area contributed by atoms with Crippen LogP contribution in [0.1, 0.15) is 63.2 Å². The van der Waals surface area contributed by atoms with Crippen LogP contribution in [-0.2, 0) is 0 Å².